The molecule has 32 heavy (non-hydrogen) atoms. The van der Waals surface area contributed by atoms with Crippen LogP contribution in [0.5, 0.6) is 5.75 Å². The van der Waals surface area contributed by atoms with Gasteiger partial charge in [-0.1, -0.05) is 45.9 Å². The lowest BCUT2D eigenvalue weighted by Gasteiger charge is -2.25. The highest BCUT2D eigenvalue weighted by atomic mass is 16.5. The van der Waals surface area contributed by atoms with Crippen molar-refractivity contribution in [2.24, 2.45) is 17.8 Å². The Morgan fingerprint density at radius 3 is 2.41 bits per heavy atom. The Kier molecular flexibility index (Phi) is 5.93. The first kappa shape index (κ1) is 22.3. The molecule has 2 aliphatic rings. The van der Waals surface area contributed by atoms with Crippen LogP contribution in [0.15, 0.2) is 48.5 Å². The highest BCUT2D eigenvalue weighted by molar-refractivity contribution is 6.22. The van der Waals surface area contributed by atoms with Crippen LogP contribution >= 0.6 is 0 Å². The number of hydrogen-bond donors (Lipinski definition) is 0. The number of carbonyl (C=O) groups excluding carboxylic acids is 3. The van der Waals surface area contributed by atoms with Crippen LogP contribution in [0.1, 0.15) is 69.3 Å². The number of benzene rings is 2. The molecule has 5 heteroatoms. The van der Waals surface area contributed by atoms with E-state index in [-0.39, 0.29) is 29.1 Å². The van der Waals surface area contributed by atoms with E-state index in [1.165, 1.54) is 10.5 Å². The summed E-state index contributed by atoms with van der Waals surface area (Å²) in [5.41, 5.74) is 1.99. The molecule has 1 aliphatic heterocycles. The van der Waals surface area contributed by atoms with Gasteiger partial charge in [0.25, 0.3) is 0 Å². The zero-order valence-corrected chi connectivity index (χ0v) is 19.3. The van der Waals surface area contributed by atoms with Gasteiger partial charge in [-0.3, -0.25) is 14.5 Å². The number of hydrogen-bond acceptors (Lipinski definition) is 4. The van der Waals surface area contributed by atoms with Crippen molar-refractivity contribution < 1.29 is 19.1 Å². The molecule has 0 radical (unpaired) electrons. The molecule has 3 atom stereocenters. The number of ether oxygens (including phenoxy) is 1. The van der Waals surface area contributed by atoms with Crippen molar-refractivity contribution in [1.82, 2.24) is 0 Å². The van der Waals surface area contributed by atoms with Crippen molar-refractivity contribution in [2.75, 3.05) is 4.90 Å². The molecule has 0 bridgehead atoms. The third-order valence-corrected chi connectivity index (χ3v) is 7.26. The van der Waals surface area contributed by atoms with Crippen molar-refractivity contribution in [3.63, 3.8) is 0 Å². The van der Waals surface area contributed by atoms with Crippen molar-refractivity contribution in [3.8, 4) is 5.75 Å². The number of esters is 1. The minimum absolute atomic E-state index is 0.0562. The van der Waals surface area contributed by atoms with Gasteiger partial charge >= 0.3 is 5.97 Å². The largest absolute Gasteiger partial charge is 0.423 e. The van der Waals surface area contributed by atoms with E-state index in [1.807, 2.05) is 12.1 Å². The second-order valence-electron chi connectivity index (χ2n) is 9.84. The fraction of sp³-hybridized carbons (Fsp3) is 0.444. The highest BCUT2D eigenvalue weighted by Crippen LogP contribution is 2.42. The number of rotatable bonds is 5. The standard InChI is InChI=1S/C27H31NO4/c1-5-27(3,4)19-10-12-21(13-11-19)32-26(31)18-7-6-8-20(16-18)28-24(29)22-14-9-17(2)15-23(22)25(28)30/h6-8,10-13,16-17,22-23H,5,9,14-15H2,1-4H3/t17-,22-,23-/m1/s1. The molecule has 4 rings (SSSR count). The van der Waals surface area contributed by atoms with Gasteiger partial charge in [-0.05, 0) is 72.9 Å². The van der Waals surface area contributed by atoms with Crippen LogP contribution in [0.3, 0.4) is 0 Å². The van der Waals surface area contributed by atoms with Gasteiger partial charge in [-0.25, -0.2) is 4.79 Å². The van der Waals surface area contributed by atoms with Gasteiger partial charge in [0.05, 0.1) is 23.1 Å². The summed E-state index contributed by atoms with van der Waals surface area (Å²) in [6, 6.07) is 14.2. The fourth-order valence-electron chi connectivity index (χ4n) is 4.76. The smallest absolute Gasteiger partial charge is 0.343 e. The van der Waals surface area contributed by atoms with Crippen LogP contribution in [0.4, 0.5) is 5.69 Å². The minimum atomic E-state index is -0.514. The summed E-state index contributed by atoms with van der Waals surface area (Å²) in [6.07, 6.45) is 3.47. The van der Waals surface area contributed by atoms with E-state index in [9.17, 15) is 14.4 Å². The maximum atomic E-state index is 13.0. The number of anilines is 1. The third kappa shape index (κ3) is 4.08. The molecule has 2 amide bonds. The molecular formula is C27H31NO4. The van der Waals surface area contributed by atoms with Gasteiger partial charge in [-0.15, -0.1) is 0 Å². The predicted octanol–water partition coefficient (Wildman–Crippen LogP) is 5.52. The number of amides is 2. The van der Waals surface area contributed by atoms with Crippen LogP contribution in [-0.2, 0) is 15.0 Å². The predicted molar refractivity (Wildman–Crippen MR) is 124 cm³/mol. The van der Waals surface area contributed by atoms with Gasteiger partial charge in [0.1, 0.15) is 5.75 Å². The molecule has 2 aromatic rings. The Morgan fingerprint density at radius 2 is 1.72 bits per heavy atom. The number of carbonyl (C=O) groups is 3. The lowest BCUT2D eigenvalue weighted by molar-refractivity contribution is -0.122. The van der Waals surface area contributed by atoms with E-state index in [1.54, 1.807) is 36.4 Å². The Bertz CT molecular complexity index is 1040. The summed E-state index contributed by atoms with van der Waals surface area (Å²) >= 11 is 0. The summed E-state index contributed by atoms with van der Waals surface area (Å²) in [6.45, 7) is 8.63. The molecule has 2 fully saturated rings. The Balaban J connectivity index is 1.51. The number of nitrogens with zero attached hydrogens (tertiary/aromatic N) is 1. The van der Waals surface area contributed by atoms with Gasteiger partial charge < -0.3 is 4.74 Å². The van der Waals surface area contributed by atoms with Crippen molar-refractivity contribution >= 4 is 23.5 Å². The molecule has 1 heterocycles. The topological polar surface area (TPSA) is 63.7 Å². The van der Waals surface area contributed by atoms with E-state index < -0.39 is 5.97 Å². The second-order valence-corrected chi connectivity index (χ2v) is 9.84. The molecule has 0 unspecified atom stereocenters. The summed E-state index contributed by atoms with van der Waals surface area (Å²) in [5.74, 6) is -0.377. The lowest BCUT2D eigenvalue weighted by atomic mass is 9.76. The molecule has 1 saturated heterocycles. The molecule has 0 N–H and O–H groups in total. The summed E-state index contributed by atoms with van der Waals surface area (Å²) in [4.78, 5) is 40.0. The molecule has 168 valence electrons. The van der Waals surface area contributed by atoms with Crippen LogP contribution in [0, 0.1) is 17.8 Å². The second kappa shape index (κ2) is 8.53. The van der Waals surface area contributed by atoms with E-state index in [2.05, 4.69) is 27.7 Å². The average Bonchev–Trinajstić information content (AvgIpc) is 3.03. The lowest BCUT2D eigenvalue weighted by Crippen LogP contribution is -2.31. The maximum Gasteiger partial charge on any atom is 0.343 e. The van der Waals surface area contributed by atoms with Gasteiger partial charge in [0, 0.05) is 0 Å². The SMILES string of the molecule is CCC(C)(C)c1ccc(OC(=O)c2cccc(N3C(=O)[C@@H]4CC[C@@H](C)C[C@H]4C3=O)c2)cc1. The van der Waals surface area contributed by atoms with Crippen molar-refractivity contribution in [1.29, 1.82) is 0 Å². The Morgan fingerprint density at radius 1 is 1.03 bits per heavy atom. The Hall–Kier alpha value is -2.95. The zero-order valence-electron chi connectivity index (χ0n) is 19.3. The van der Waals surface area contributed by atoms with Gasteiger partial charge in [0.2, 0.25) is 11.8 Å². The van der Waals surface area contributed by atoms with Gasteiger partial charge in [0.15, 0.2) is 0 Å². The van der Waals surface area contributed by atoms with Gasteiger partial charge in [-0.2, -0.15) is 0 Å². The summed E-state index contributed by atoms with van der Waals surface area (Å²) < 4.78 is 5.55. The number of imide groups is 1. The molecule has 1 aliphatic carbocycles. The summed E-state index contributed by atoms with van der Waals surface area (Å²) in [7, 11) is 0. The molecule has 2 aromatic carbocycles. The van der Waals surface area contributed by atoms with E-state index in [0.717, 1.165) is 25.7 Å². The molecular weight excluding hydrogens is 402 g/mol. The van der Waals surface area contributed by atoms with Crippen LogP contribution < -0.4 is 9.64 Å². The van der Waals surface area contributed by atoms with E-state index in [0.29, 0.717) is 22.9 Å². The van der Waals surface area contributed by atoms with Crippen LogP contribution in [-0.4, -0.2) is 17.8 Å². The molecule has 5 nitrogen and oxygen atoms in total. The Labute approximate surface area is 189 Å². The third-order valence-electron chi connectivity index (χ3n) is 7.26. The highest BCUT2D eigenvalue weighted by Gasteiger charge is 2.50. The quantitative estimate of drug-likeness (QED) is 0.354. The zero-order chi connectivity index (χ0) is 23.0. The fourth-order valence-corrected chi connectivity index (χ4v) is 4.76. The number of fused-ring (bicyclic) bond motifs is 1. The molecule has 0 aromatic heterocycles. The van der Waals surface area contributed by atoms with E-state index in [4.69, 9.17) is 4.74 Å². The molecule has 0 spiro atoms. The first-order valence-corrected chi connectivity index (χ1v) is 11.5. The van der Waals surface area contributed by atoms with Crippen molar-refractivity contribution in [3.05, 3.63) is 59.7 Å². The first-order valence-electron chi connectivity index (χ1n) is 11.5. The maximum absolute atomic E-state index is 13.0. The monoisotopic (exact) mass is 433 g/mol. The summed E-state index contributed by atoms with van der Waals surface area (Å²) in [5, 5.41) is 0. The normalized spacial score (nSPS) is 23.2. The average molecular weight is 434 g/mol. The first-order chi connectivity index (χ1) is 15.2. The molecule has 1 saturated carbocycles. The van der Waals surface area contributed by atoms with Crippen LogP contribution in [0.25, 0.3) is 0 Å². The van der Waals surface area contributed by atoms with Crippen LogP contribution in [0.2, 0.25) is 0 Å². The minimum Gasteiger partial charge on any atom is -0.423 e. The van der Waals surface area contributed by atoms with E-state index >= 15 is 0 Å². The van der Waals surface area contributed by atoms with Crippen molar-refractivity contribution in [2.45, 2.75) is 58.8 Å².